The number of rotatable bonds is 5. The van der Waals surface area contributed by atoms with E-state index in [-0.39, 0.29) is 0 Å². The zero-order valence-electron chi connectivity index (χ0n) is 20.2. The quantitative estimate of drug-likeness (QED) is 0.373. The summed E-state index contributed by atoms with van der Waals surface area (Å²) in [6.45, 7) is 0.461. The molecule has 12 nitrogen and oxygen atoms in total. The van der Waals surface area contributed by atoms with Gasteiger partial charge in [0.25, 0.3) is 11.8 Å². The van der Waals surface area contributed by atoms with E-state index in [0.717, 1.165) is 5.56 Å². The molecule has 2 fully saturated rings. The Morgan fingerprint density at radius 2 is 1.74 bits per heavy atom. The number of amides is 4. The monoisotopic (exact) mass is 521 g/mol. The van der Waals surface area contributed by atoms with Gasteiger partial charge in [-0.15, -0.1) is 0 Å². The summed E-state index contributed by atoms with van der Waals surface area (Å²) in [4.78, 5) is 47.1. The maximum atomic E-state index is 12.7. The zero-order chi connectivity index (χ0) is 27.0. The smallest absolute Gasteiger partial charge is 0.328 e. The zero-order valence-corrected chi connectivity index (χ0v) is 20.2. The van der Waals surface area contributed by atoms with E-state index in [9.17, 15) is 14.4 Å². The van der Waals surface area contributed by atoms with Crippen molar-refractivity contribution in [1.29, 1.82) is 5.26 Å². The molecule has 2 saturated heterocycles. The van der Waals surface area contributed by atoms with Gasteiger partial charge in [-0.2, -0.15) is 5.26 Å². The molecular weight excluding hydrogens is 502 g/mol. The Labute approximate surface area is 221 Å². The lowest BCUT2D eigenvalue weighted by atomic mass is 9.92. The van der Waals surface area contributed by atoms with E-state index < -0.39 is 23.4 Å². The van der Waals surface area contributed by atoms with E-state index in [4.69, 9.17) is 14.5 Å². The van der Waals surface area contributed by atoms with Crippen molar-refractivity contribution in [2.75, 3.05) is 11.4 Å². The minimum atomic E-state index is -1.48. The molecule has 0 saturated carbocycles. The molecule has 6 rings (SSSR count). The van der Waals surface area contributed by atoms with E-state index in [1.807, 2.05) is 18.2 Å². The molecule has 3 aromatic heterocycles. The molecule has 0 unspecified atom stereocenters. The van der Waals surface area contributed by atoms with Crippen LogP contribution in [0, 0.1) is 11.3 Å². The fraction of sp³-hybridized carbons (Fsp3) is 0.148. The number of anilines is 1. The fourth-order valence-corrected chi connectivity index (χ4v) is 4.73. The lowest BCUT2D eigenvalue weighted by Crippen LogP contribution is -2.71. The Morgan fingerprint density at radius 3 is 2.41 bits per heavy atom. The number of nitriles is 1. The Kier molecular flexibility index (Phi) is 5.73. The number of nitrogens with one attached hydrogen (secondary N) is 2. The van der Waals surface area contributed by atoms with Gasteiger partial charge in [-0.1, -0.05) is 5.16 Å². The Bertz CT molecular complexity index is 1600. The van der Waals surface area contributed by atoms with E-state index in [1.165, 1.54) is 12.4 Å². The summed E-state index contributed by atoms with van der Waals surface area (Å²) in [5.41, 5.74) is 1.46. The summed E-state index contributed by atoms with van der Waals surface area (Å²) in [6, 6.07) is 16.9. The van der Waals surface area contributed by atoms with Gasteiger partial charge in [0.1, 0.15) is 17.5 Å². The summed E-state index contributed by atoms with van der Waals surface area (Å²) in [5, 5.41) is 17.4. The van der Waals surface area contributed by atoms with E-state index >= 15 is 0 Å². The number of carbonyl (C=O) groups is 3. The van der Waals surface area contributed by atoms with Crippen molar-refractivity contribution in [2.45, 2.75) is 18.4 Å². The van der Waals surface area contributed by atoms with Crippen molar-refractivity contribution >= 4 is 23.5 Å². The predicted molar refractivity (Wildman–Crippen MR) is 135 cm³/mol. The predicted octanol–water partition coefficient (Wildman–Crippen LogP) is 3.17. The number of imide groups is 2. The average Bonchev–Trinajstić information content (AvgIpc) is 3.62. The molecule has 1 spiro atoms. The van der Waals surface area contributed by atoms with Crippen molar-refractivity contribution in [1.82, 2.24) is 25.8 Å². The third kappa shape index (κ3) is 4.21. The lowest BCUT2D eigenvalue weighted by Gasteiger charge is -2.38. The van der Waals surface area contributed by atoms with Crippen molar-refractivity contribution in [2.24, 2.45) is 0 Å². The van der Waals surface area contributed by atoms with Gasteiger partial charge in [0, 0.05) is 30.4 Å². The molecule has 5 heterocycles. The van der Waals surface area contributed by atoms with Crippen LogP contribution in [0.3, 0.4) is 0 Å². The van der Waals surface area contributed by atoms with Gasteiger partial charge in [-0.25, -0.2) is 9.78 Å². The van der Waals surface area contributed by atoms with Gasteiger partial charge in [0.05, 0.1) is 23.1 Å². The van der Waals surface area contributed by atoms with Crippen LogP contribution in [0.1, 0.15) is 18.4 Å². The van der Waals surface area contributed by atoms with Crippen LogP contribution in [0.2, 0.25) is 0 Å². The van der Waals surface area contributed by atoms with Crippen molar-refractivity contribution in [3.8, 4) is 40.4 Å². The number of pyridine rings is 2. The summed E-state index contributed by atoms with van der Waals surface area (Å²) < 4.78 is 11.3. The number of carbonyl (C=O) groups excluding carboxylic acids is 3. The van der Waals surface area contributed by atoms with Gasteiger partial charge < -0.3 is 14.2 Å². The lowest BCUT2D eigenvalue weighted by molar-refractivity contribution is -0.137. The summed E-state index contributed by atoms with van der Waals surface area (Å²) >= 11 is 0. The fourth-order valence-electron chi connectivity index (χ4n) is 4.73. The number of hydrogen-bond donors (Lipinski definition) is 2. The number of nitrogens with zero attached hydrogens (tertiary/aromatic N) is 5. The van der Waals surface area contributed by atoms with Crippen LogP contribution in [0.15, 0.2) is 71.5 Å². The van der Waals surface area contributed by atoms with Gasteiger partial charge >= 0.3 is 6.03 Å². The Balaban J connectivity index is 1.14. The first-order valence-electron chi connectivity index (χ1n) is 12.0. The van der Waals surface area contributed by atoms with Crippen molar-refractivity contribution in [3.05, 3.63) is 72.6 Å². The highest BCUT2D eigenvalue weighted by atomic mass is 16.5. The second-order valence-corrected chi connectivity index (χ2v) is 8.95. The van der Waals surface area contributed by atoms with Crippen molar-refractivity contribution in [3.63, 3.8) is 0 Å². The number of benzene rings is 1. The van der Waals surface area contributed by atoms with E-state index in [1.54, 1.807) is 47.4 Å². The molecule has 0 aliphatic carbocycles. The molecule has 4 amide bonds. The second-order valence-electron chi connectivity index (χ2n) is 8.95. The molecule has 0 bridgehead atoms. The standard InChI is InChI=1S/C27H19N7O5/c28-13-16-2-8-20(29-14-16)21-12-22(39-33-21)17-3-6-19(7-4-17)38-23-9-5-18(15-30-23)34-11-1-10-27(34)24(35)31-26(37)32-25(27)36/h2-9,12,14-15H,1,10-11H2,(H2,31,32,35,36,37). The molecule has 4 aromatic rings. The topological polar surface area (TPSA) is 163 Å². The number of hydrogen-bond acceptors (Lipinski definition) is 10. The SMILES string of the molecule is N#Cc1ccc(-c2cc(-c3ccc(Oc4ccc(N5CCCC56C(=O)NC(=O)NC6=O)cn4)cc3)on2)nc1. The summed E-state index contributed by atoms with van der Waals surface area (Å²) in [7, 11) is 0. The third-order valence-electron chi connectivity index (χ3n) is 6.65. The number of barbiturate groups is 1. The molecule has 0 atom stereocenters. The number of ether oxygens (including phenoxy) is 1. The van der Waals surface area contributed by atoms with Crippen LogP contribution in [0.4, 0.5) is 10.5 Å². The number of aromatic nitrogens is 3. The van der Waals surface area contributed by atoms with Gasteiger partial charge in [-0.3, -0.25) is 25.2 Å². The van der Waals surface area contributed by atoms with Crippen LogP contribution in [-0.2, 0) is 9.59 Å². The van der Waals surface area contributed by atoms with Crippen molar-refractivity contribution < 1.29 is 23.6 Å². The van der Waals surface area contributed by atoms with Gasteiger partial charge in [0.15, 0.2) is 11.3 Å². The van der Waals surface area contributed by atoms with Crippen LogP contribution >= 0.6 is 0 Å². The highest BCUT2D eigenvalue weighted by molar-refractivity contribution is 6.24. The molecule has 2 N–H and O–H groups in total. The van der Waals surface area contributed by atoms with E-state index in [2.05, 4.69) is 25.8 Å². The molecule has 0 radical (unpaired) electrons. The van der Waals surface area contributed by atoms with Crippen LogP contribution in [0.25, 0.3) is 22.7 Å². The maximum absolute atomic E-state index is 12.7. The number of urea groups is 1. The first kappa shape index (κ1) is 23.8. The molecule has 12 heteroatoms. The molecule has 1 aromatic carbocycles. The minimum Gasteiger partial charge on any atom is -0.439 e. The molecule has 2 aliphatic rings. The largest absolute Gasteiger partial charge is 0.439 e. The first-order valence-corrected chi connectivity index (χ1v) is 12.0. The average molecular weight is 521 g/mol. The van der Waals surface area contributed by atoms with E-state index in [0.29, 0.717) is 59.4 Å². The van der Waals surface area contributed by atoms with Gasteiger partial charge in [-0.05, 0) is 55.3 Å². The highest BCUT2D eigenvalue weighted by Gasteiger charge is 2.57. The summed E-state index contributed by atoms with van der Waals surface area (Å²) in [6.07, 6.45) is 3.90. The first-order chi connectivity index (χ1) is 19.0. The Hall–Kier alpha value is -5.57. The molecule has 192 valence electrons. The molecular formula is C27H19N7O5. The third-order valence-corrected chi connectivity index (χ3v) is 6.65. The maximum Gasteiger partial charge on any atom is 0.328 e. The normalized spacial score (nSPS) is 16.1. The van der Waals surface area contributed by atoms with Crippen LogP contribution in [-0.4, -0.2) is 45.1 Å². The van der Waals surface area contributed by atoms with Crippen LogP contribution < -0.4 is 20.3 Å². The molecule has 39 heavy (non-hydrogen) atoms. The van der Waals surface area contributed by atoms with Gasteiger partial charge in [0.2, 0.25) is 5.88 Å². The Morgan fingerprint density at radius 1 is 0.949 bits per heavy atom. The second kappa shape index (κ2) is 9.38. The minimum absolute atomic E-state index is 0.291. The summed E-state index contributed by atoms with van der Waals surface area (Å²) in [5.74, 6) is 0.126. The highest BCUT2D eigenvalue weighted by Crippen LogP contribution is 2.36. The molecule has 2 aliphatic heterocycles. The van der Waals surface area contributed by atoms with Crippen LogP contribution in [0.5, 0.6) is 11.6 Å².